The van der Waals surface area contributed by atoms with Crippen molar-refractivity contribution in [2.75, 3.05) is 0 Å². The van der Waals surface area contributed by atoms with Crippen LogP contribution in [0.4, 0.5) is 13.2 Å². The molecule has 0 fully saturated rings. The van der Waals surface area contributed by atoms with Crippen LogP contribution in [0.5, 0.6) is 0 Å². The first-order chi connectivity index (χ1) is 26.4. The van der Waals surface area contributed by atoms with Gasteiger partial charge in [-0.2, -0.15) is 13.2 Å². The molecule has 0 atom stereocenters. The van der Waals surface area contributed by atoms with Crippen LogP contribution in [0.25, 0.3) is 10.9 Å². The standard InChI is InChI=1S/C45H39F3N6/c46-45(47,48)38-21-12-14-33(28-38)29-43-52-51-42(26-25-34-30-49-41-24-11-10-23-40(34)41)54(43)27-13-22-39-31-53(32-50-39)44(35-15-4-1-5-16-35,36-17-6-2-7-18-36)37-19-8-3-9-20-37/h1-12,14-21,23-24,28,30-32,49H,13,22,25-27,29H2. The molecule has 0 aliphatic heterocycles. The van der Waals surface area contributed by atoms with Gasteiger partial charge in [-0.05, 0) is 59.2 Å². The molecule has 0 unspecified atom stereocenters. The second-order valence-electron chi connectivity index (χ2n) is 13.6. The molecule has 0 amide bonds. The quantitative estimate of drug-likeness (QED) is 0.121. The third-order valence-corrected chi connectivity index (χ3v) is 10.2. The second kappa shape index (κ2) is 15.0. The fourth-order valence-electron chi connectivity index (χ4n) is 7.65. The second-order valence-corrected chi connectivity index (χ2v) is 13.6. The Hall–Kier alpha value is -6.22. The summed E-state index contributed by atoms with van der Waals surface area (Å²) in [5.41, 5.74) is 5.78. The van der Waals surface area contributed by atoms with Crippen LogP contribution in [-0.2, 0) is 43.9 Å². The fraction of sp³-hybridized carbons (Fsp3) is 0.178. The molecule has 0 bridgehead atoms. The molecule has 8 rings (SSSR count). The molecule has 0 spiro atoms. The van der Waals surface area contributed by atoms with E-state index in [0.717, 1.165) is 52.6 Å². The fourth-order valence-corrected chi connectivity index (χ4v) is 7.65. The third kappa shape index (κ3) is 6.97. The van der Waals surface area contributed by atoms with E-state index in [1.807, 2.05) is 42.9 Å². The highest BCUT2D eigenvalue weighted by molar-refractivity contribution is 5.83. The number of aromatic nitrogens is 6. The molecule has 6 nitrogen and oxygen atoms in total. The highest BCUT2D eigenvalue weighted by atomic mass is 19.4. The van der Waals surface area contributed by atoms with Gasteiger partial charge in [0.05, 0.1) is 17.6 Å². The molecule has 270 valence electrons. The Morgan fingerprint density at radius 2 is 1.22 bits per heavy atom. The van der Waals surface area contributed by atoms with E-state index in [4.69, 9.17) is 4.98 Å². The smallest absolute Gasteiger partial charge is 0.361 e. The Labute approximate surface area is 312 Å². The molecule has 0 saturated heterocycles. The van der Waals surface area contributed by atoms with E-state index in [9.17, 15) is 13.2 Å². The maximum Gasteiger partial charge on any atom is 0.416 e. The third-order valence-electron chi connectivity index (χ3n) is 10.2. The lowest BCUT2D eigenvalue weighted by Gasteiger charge is -2.37. The highest BCUT2D eigenvalue weighted by Gasteiger charge is 2.38. The summed E-state index contributed by atoms with van der Waals surface area (Å²) in [5, 5.41) is 10.3. The monoisotopic (exact) mass is 720 g/mol. The molecule has 0 radical (unpaired) electrons. The lowest BCUT2D eigenvalue weighted by molar-refractivity contribution is -0.137. The van der Waals surface area contributed by atoms with Gasteiger partial charge in [0.2, 0.25) is 0 Å². The summed E-state index contributed by atoms with van der Waals surface area (Å²) >= 11 is 0. The topological polar surface area (TPSA) is 64.3 Å². The van der Waals surface area contributed by atoms with E-state index in [1.54, 1.807) is 6.07 Å². The van der Waals surface area contributed by atoms with Gasteiger partial charge in [0, 0.05) is 42.7 Å². The van der Waals surface area contributed by atoms with Crippen molar-refractivity contribution in [3.63, 3.8) is 0 Å². The average molecular weight is 721 g/mol. The number of imidazole rings is 1. The van der Waals surface area contributed by atoms with Gasteiger partial charge in [0.25, 0.3) is 0 Å². The van der Waals surface area contributed by atoms with Crippen LogP contribution < -0.4 is 0 Å². The minimum Gasteiger partial charge on any atom is -0.361 e. The first-order valence-electron chi connectivity index (χ1n) is 18.2. The van der Waals surface area contributed by atoms with Gasteiger partial charge >= 0.3 is 6.18 Å². The molecule has 0 saturated carbocycles. The average Bonchev–Trinajstić information content (AvgIpc) is 3.95. The maximum atomic E-state index is 13.6. The normalized spacial score (nSPS) is 12.1. The van der Waals surface area contributed by atoms with E-state index >= 15 is 0 Å². The van der Waals surface area contributed by atoms with E-state index in [0.29, 0.717) is 30.8 Å². The van der Waals surface area contributed by atoms with Crippen LogP contribution in [0, 0.1) is 0 Å². The lowest BCUT2D eigenvalue weighted by atomic mass is 9.77. The van der Waals surface area contributed by atoms with Gasteiger partial charge in [0.1, 0.15) is 17.2 Å². The van der Waals surface area contributed by atoms with Crippen LogP contribution in [0.1, 0.15) is 57.1 Å². The zero-order valence-electron chi connectivity index (χ0n) is 29.6. The molecule has 5 aromatic carbocycles. The zero-order valence-corrected chi connectivity index (χ0v) is 29.6. The predicted octanol–water partition coefficient (Wildman–Crippen LogP) is 9.82. The number of rotatable bonds is 13. The summed E-state index contributed by atoms with van der Waals surface area (Å²) in [5.74, 6) is 1.45. The molecule has 9 heteroatoms. The summed E-state index contributed by atoms with van der Waals surface area (Å²) < 4.78 is 45.1. The molecule has 54 heavy (non-hydrogen) atoms. The van der Waals surface area contributed by atoms with Crippen LogP contribution in [0.3, 0.4) is 0 Å². The van der Waals surface area contributed by atoms with Gasteiger partial charge < -0.3 is 14.1 Å². The van der Waals surface area contributed by atoms with Crippen LogP contribution in [0.2, 0.25) is 0 Å². The Morgan fingerprint density at radius 3 is 1.89 bits per heavy atom. The Morgan fingerprint density at radius 1 is 0.611 bits per heavy atom. The van der Waals surface area contributed by atoms with Gasteiger partial charge in [-0.3, -0.25) is 0 Å². The first-order valence-corrected chi connectivity index (χ1v) is 18.2. The van der Waals surface area contributed by atoms with Crippen LogP contribution in [-0.4, -0.2) is 29.3 Å². The number of halogens is 3. The van der Waals surface area contributed by atoms with E-state index in [1.165, 1.54) is 23.1 Å². The molecule has 3 aromatic heterocycles. The number of hydrogen-bond acceptors (Lipinski definition) is 3. The SMILES string of the molecule is FC(F)(F)c1cccc(Cc2nnc(CCc3c[nH]c4ccccc34)n2CCCc2cn(C(c3ccccc3)(c3ccccc3)c3ccccc3)cn2)c1. The number of hydrogen-bond donors (Lipinski definition) is 1. The predicted molar refractivity (Wildman–Crippen MR) is 205 cm³/mol. The van der Waals surface area contributed by atoms with Gasteiger partial charge in [-0.1, -0.05) is 127 Å². The number of fused-ring (bicyclic) bond motifs is 1. The van der Waals surface area contributed by atoms with Crippen molar-refractivity contribution in [2.24, 2.45) is 0 Å². The molecule has 1 N–H and O–H groups in total. The lowest BCUT2D eigenvalue weighted by Crippen LogP contribution is -2.36. The summed E-state index contributed by atoms with van der Waals surface area (Å²) in [4.78, 5) is 8.28. The number of nitrogens with one attached hydrogen (secondary N) is 1. The Kier molecular flexibility index (Phi) is 9.69. The van der Waals surface area contributed by atoms with E-state index < -0.39 is 17.3 Å². The minimum atomic E-state index is -4.42. The Bertz CT molecular complexity index is 2350. The summed E-state index contributed by atoms with van der Waals surface area (Å²) in [6.07, 6.45) is 4.73. The molecule has 8 aromatic rings. The van der Waals surface area contributed by atoms with Crippen LogP contribution >= 0.6 is 0 Å². The van der Waals surface area contributed by atoms with Crippen molar-refractivity contribution >= 4 is 10.9 Å². The summed E-state index contributed by atoms with van der Waals surface area (Å²) in [6, 6.07) is 45.1. The highest BCUT2D eigenvalue weighted by Crippen LogP contribution is 2.41. The number of para-hydroxylation sites is 1. The van der Waals surface area contributed by atoms with E-state index in [2.05, 4.69) is 115 Å². The van der Waals surface area contributed by atoms with Crippen molar-refractivity contribution in [3.8, 4) is 0 Å². The molecule has 3 heterocycles. The minimum absolute atomic E-state index is 0.242. The largest absolute Gasteiger partial charge is 0.416 e. The first kappa shape index (κ1) is 34.8. The molecule has 0 aliphatic carbocycles. The van der Waals surface area contributed by atoms with Crippen molar-refractivity contribution in [1.82, 2.24) is 29.3 Å². The number of aryl methyl sites for hydroxylation is 3. The number of H-pyrrole nitrogens is 1. The number of benzene rings is 5. The van der Waals surface area contributed by atoms with Crippen molar-refractivity contribution in [3.05, 3.63) is 209 Å². The molecular weight excluding hydrogens is 682 g/mol. The summed E-state index contributed by atoms with van der Waals surface area (Å²) in [6.45, 7) is 0.596. The van der Waals surface area contributed by atoms with Crippen LogP contribution in [0.15, 0.2) is 158 Å². The summed E-state index contributed by atoms with van der Waals surface area (Å²) in [7, 11) is 0. The Balaban J connectivity index is 1.08. The molecular formula is C45H39F3N6. The number of nitrogens with zero attached hydrogens (tertiary/aromatic N) is 5. The van der Waals surface area contributed by atoms with Crippen molar-refractivity contribution in [1.29, 1.82) is 0 Å². The maximum absolute atomic E-state index is 13.6. The van der Waals surface area contributed by atoms with Crippen molar-refractivity contribution < 1.29 is 13.2 Å². The van der Waals surface area contributed by atoms with E-state index in [-0.39, 0.29) is 6.42 Å². The number of alkyl halides is 3. The van der Waals surface area contributed by atoms with Gasteiger partial charge in [-0.25, -0.2) is 4.98 Å². The van der Waals surface area contributed by atoms with Gasteiger partial charge in [-0.15, -0.1) is 10.2 Å². The molecule has 0 aliphatic rings. The van der Waals surface area contributed by atoms with Crippen molar-refractivity contribution in [2.45, 2.75) is 50.4 Å². The number of aromatic amines is 1. The van der Waals surface area contributed by atoms with Gasteiger partial charge in [0.15, 0.2) is 0 Å². The zero-order chi connectivity index (χ0) is 37.0.